The number of nitrogens with zero attached hydrogens (tertiary/aromatic N) is 3. The van der Waals surface area contributed by atoms with E-state index in [2.05, 4.69) is 6.58 Å². The fourth-order valence-electron chi connectivity index (χ4n) is 6.91. The van der Waals surface area contributed by atoms with Crippen molar-refractivity contribution < 1.29 is 38.8 Å². The van der Waals surface area contributed by atoms with E-state index in [1.54, 1.807) is 15.9 Å². The third kappa shape index (κ3) is 5.94. The minimum atomic E-state index is -1.32. The first kappa shape index (κ1) is 32.5. The standard InChI is InChI=1S/C35H38ClN3O8/c1-3-14-47-35(44)39-26-18-30(29(45-2)16-24(26)33(42)37-13-8-11-25(37)34(39)43)46-15-7-6-12-31(41)38-20-21(19-36)32-23-10-5-4-9-22(23)28(40)17-27(32)38/h3-5,9-10,16-18,21,25,34,40,43H,1,6-8,11-15,19-20H2,2H3/t21-,25+,34?/m1/s1. The number of benzene rings is 3. The lowest BCUT2D eigenvalue weighted by Gasteiger charge is -2.31. The Balaban J connectivity index is 1.15. The highest BCUT2D eigenvalue weighted by Gasteiger charge is 2.45. The number of hydrogen-bond donors (Lipinski definition) is 2. The third-order valence-electron chi connectivity index (χ3n) is 9.14. The van der Waals surface area contributed by atoms with Crippen LogP contribution in [0.4, 0.5) is 16.2 Å². The number of methoxy groups -OCH3 is 1. The Bertz CT molecular complexity index is 1710. The maximum atomic E-state index is 13.6. The second-order valence-electron chi connectivity index (χ2n) is 11.9. The number of alkyl halides is 1. The van der Waals surface area contributed by atoms with E-state index in [-0.39, 0.29) is 60.1 Å². The van der Waals surface area contributed by atoms with Crippen LogP contribution in [-0.4, -0.2) is 84.6 Å². The van der Waals surface area contributed by atoms with Crippen molar-refractivity contribution in [2.75, 3.05) is 49.1 Å². The van der Waals surface area contributed by atoms with Gasteiger partial charge in [-0.3, -0.25) is 9.59 Å². The van der Waals surface area contributed by atoms with E-state index < -0.39 is 18.4 Å². The Kier molecular flexibility index (Phi) is 9.47. The topological polar surface area (TPSA) is 129 Å². The molecule has 12 heteroatoms. The lowest BCUT2D eigenvalue weighted by Crippen LogP contribution is -2.50. The van der Waals surface area contributed by atoms with E-state index in [1.165, 1.54) is 25.3 Å². The molecular formula is C35H38ClN3O8. The summed E-state index contributed by atoms with van der Waals surface area (Å²) in [7, 11) is 1.46. The summed E-state index contributed by atoms with van der Waals surface area (Å²) in [5.74, 6) is 0.628. The van der Waals surface area contributed by atoms with Gasteiger partial charge in [0.2, 0.25) is 5.91 Å². The normalized spacial score (nSPS) is 20.0. The first-order valence-electron chi connectivity index (χ1n) is 15.8. The maximum absolute atomic E-state index is 13.6. The number of halogens is 1. The van der Waals surface area contributed by atoms with Crippen molar-refractivity contribution in [3.05, 3.63) is 66.2 Å². The summed E-state index contributed by atoms with van der Waals surface area (Å²) in [5.41, 5.74) is 2.02. The molecule has 3 aliphatic heterocycles. The largest absolute Gasteiger partial charge is 0.507 e. The van der Waals surface area contributed by atoms with Gasteiger partial charge in [0.15, 0.2) is 17.7 Å². The van der Waals surface area contributed by atoms with Crippen LogP contribution < -0.4 is 19.3 Å². The van der Waals surface area contributed by atoms with E-state index in [9.17, 15) is 24.6 Å². The number of amides is 3. The molecule has 0 aliphatic carbocycles. The van der Waals surface area contributed by atoms with Crippen molar-refractivity contribution in [3.8, 4) is 17.2 Å². The summed E-state index contributed by atoms with van der Waals surface area (Å²) < 4.78 is 16.9. The quantitative estimate of drug-likeness (QED) is 0.164. The number of aliphatic hydroxyl groups excluding tert-OH is 1. The fraction of sp³-hybridized carbons (Fsp3) is 0.400. The molecule has 11 nitrogen and oxygen atoms in total. The van der Waals surface area contributed by atoms with E-state index in [0.29, 0.717) is 56.1 Å². The summed E-state index contributed by atoms with van der Waals surface area (Å²) in [4.78, 5) is 44.5. The van der Waals surface area contributed by atoms with Gasteiger partial charge in [0, 0.05) is 48.8 Å². The summed E-state index contributed by atoms with van der Waals surface area (Å²) in [6.07, 6.45) is 1.85. The Morgan fingerprint density at radius 2 is 1.89 bits per heavy atom. The minimum absolute atomic E-state index is 0.0412. The van der Waals surface area contributed by atoms with E-state index in [0.717, 1.165) is 21.2 Å². The molecule has 1 saturated heterocycles. The molecule has 3 heterocycles. The molecule has 3 amide bonds. The van der Waals surface area contributed by atoms with Crippen LogP contribution in [0, 0.1) is 0 Å². The van der Waals surface area contributed by atoms with Crippen molar-refractivity contribution >= 4 is 51.7 Å². The first-order valence-corrected chi connectivity index (χ1v) is 16.3. The van der Waals surface area contributed by atoms with Crippen LogP contribution in [0.25, 0.3) is 10.8 Å². The lowest BCUT2D eigenvalue weighted by molar-refractivity contribution is -0.118. The minimum Gasteiger partial charge on any atom is -0.507 e. The van der Waals surface area contributed by atoms with Crippen molar-refractivity contribution in [3.63, 3.8) is 0 Å². The second-order valence-corrected chi connectivity index (χ2v) is 12.2. The highest BCUT2D eigenvalue weighted by atomic mass is 35.5. The monoisotopic (exact) mass is 663 g/mol. The highest BCUT2D eigenvalue weighted by molar-refractivity contribution is 6.19. The molecule has 3 atom stereocenters. The summed E-state index contributed by atoms with van der Waals surface area (Å²) in [6, 6.07) is 11.7. The summed E-state index contributed by atoms with van der Waals surface area (Å²) >= 11 is 6.32. The number of aromatic hydroxyl groups is 1. The summed E-state index contributed by atoms with van der Waals surface area (Å²) in [6.45, 7) is 4.65. The van der Waals surface area contributed by atoms with Crippen LogP contribution >= 0.6 is 11.6 Å². The van der Waals surface area contributed by atoms with E-state index in [1.807, 2.05) is 24.3 Å². The molecule has 0 radical (unpaired) electrons. The lowest BCUT2D eigenvalue weighted by atomic mass is 9.95. The number of aliphatic hydroxyl groups is 1. The van der Waals surface area contributed by atoms with E-state index in [4.69, 9.17) is 25.8 Å². The number of carbonyl (C=O) groups is 3. The van der Waals surface area contributed by atoms with Gasteiger partial charge >= 0.3 is 6.09 Å². The van der Waals surface area contributed by atoms with Gasteiger partial charge in [-0.15, -0.1) is 11.6 Å². The van der Waals surface area contributed by atoms with Crippen molar-refractivity contribution in [2.24, 2.45) is 0 Å². The number of hydrogen-bond acceptors (Lipinski definition) is 8. The van der Waals surface area contributed by atoms with Gasteiger partial charge < -0.3 is 34.2 Å². The Hall–Kier alpha value is -4.48. The Labute approximate surface area is 277 Å². The smallest absolute Gasteiger partial charge is 0.416 e. The molecule has 0 aromatic heterocycles. The average Bonchev–Trinajstić information content (AvgIpc) is 3.71. The number of rotatable bonds is 10. The van der Waals surface area contributed by atoms with Gasteiger partial charge in [0.05, 0.1) is 36.7 Å². The molecular weight excluding hydrogens is 626 g/mol. The number of anilines is 2. The SMILES string of the molecule is C=CCOC(=O)N1c2cc(OCCCCC(=O)N3C[C@@H](CCl)c4c3cc(O)c3ccccc43)c(OC)cc2C(=O)N2CCC[C@H]2C1O. The van der Waals surface area contributed by atoms with Crippen LogP contribution in [0.3, 0.4) is 0 Å². The average molecular weight is 664 g/mol. The van der Waals surface area contributed by atoms with Crippen LogP contribution in [0.15, 0.2) is 55.1 Å². The molecule has 3 aromatic carbocycles. The number of ether oxygens (including phenoxy) is 3. The fourth-order valence-corrected chi connectivity index (χ4v) is 7.16. The molecule has 1 fully saturated rings. The van der Waals surface area contributed by atoms with E-state index >= 15 is 0 Å². The van der Waals surface area contributed by atoms with Gasteiger partial charge in [-0.1, -0.05) is 36.9 Å². The predicted octanol–water partition coefficient (Wildman–Crippen LogP) is 5.54. The van der Waals surface area contributed by atoms with Crippen molar-refractivity contribution in [1.29, 1.82) is 0 Å². The molecule has 248 valence electrons. The van der Waals surface area contributed by atoms with Gasteiger partial charge in [0.25, 0.3) is 5.91 Å². The number of carbonyl (C=O) groups excluding carboxylic acids is 3. The summed E-state index contributed by atoms with van der Waals surface area (Å²) in [5, 5.41) is 23.6. The van der Waals surface area contributed by atoms with Crippen molar-refractivity contribution in [2.45, 2.75) is 50.3 Å². The maximum Gasteiger partial charge on any atom is 0.416 e. The van der Waals surface area contributed by atoms with Gasteiger partial charge in [-0.25, -0.2) is 9.69 Å². The zero-order valence-electron chi connectivity index (χ0n) is 26.2. The Morgan fingerprint density at radius 3 is 2.64 bits per heavy atom. The molecule has 47 heavy (non-hydrogen) atoms. The van der Waals surface area contributed by atoms with Crippen LogP contribution in [0.2, 0.25) is 0 Å². The third-order valence-corrected chi connectivity index (χ3v) is 9.51. The highest BCUT2D eigenvalue weighted by Crippen LogP contribution is 2.46. The molecule has 0 spiro atoms. The van der Waals surface area contributed by atoms with Crippen LogP contribution in [0.5, 0.6) is 17.2 Å². The molecule has 0 saturated carbocycles. The van der Waals surface area contributed by atoms with Gasteiger partial charge in [-0.2, -0.15) is 0 Å². The van der Waals surface area contributed by atoms with Crippen LogP contribution in [-0.2, 0) is 9.53 Å². The number of unbranched alkanes of at least 4 members (excludes halogenated alkanes) is 1. The Morgan fingerprint density at radius 1 is 1.11 bits per heavy atom. The number of fused-ring (bicyclic) bond motifs is 5. The molecule has 3 aromatic rings. The molecule has 2 N–H and O–H groups in total. The number of phenolic OH excluding ortho intramolecular Hbond substituents is 1. The van der Waals surface area contributed by atoms with Crippen molar-refractivity contribution in [1.82, 2.24) is 4.90 Å². The predicted molar refractivity (Wildman–Crippen MR) is 178 cm³/mol. The zero-order valence-corrected chi connectivity index (χ0v) is 26.9. The first-order chi connectivity index (χ1) is 22.8. The van der Waals surface area contributed by atoms with Crippen LogP contribution in [0.1, 0.15) is 53.9 Å². The number of phenols is 1. The second kappa shape index (κ2) is 13.7. The van der Waals surface area contributed by atoms with Gasteiger partial charge in [0.1, 0.15) is 12.4 Å². The molecule has 3 aliphatic rings. The molecule has 0 bridgehead atoms. The van der Waals surface area contributed by atoms with Gasteiger partial charge in [-0.05, 0) is 42.7 Å². The zero-order chi connectivity index (χ0) is 33.2. The molecule has 1 unspecified atom stereocenters. The molecule has 6 rings (SSSR count).